The summed E-state index contributed by atoms with van der Waals surface area (Å²) in [6.45, 7) is 2.84. The quantitative estimate of drug-likeness (QED) is 0.492. The Kier molecular flexibility index (Phi) is 8.78. The van der Waals surface area contributed by atoms with E-state index in [9.17, 15) is 22.8 Å². The summed E-state index contributed by atoms with van der Waals surface area (Å²) in [5, 5.41) is 5.58. The number of nitrogens with one attached hydrogen (secondary N) is 3. The van der Waals surface area contributed by atoms with Gasteiger partial charge in [0.25, 0.3) is 0 Å². The van der Waals surface area contributed by atoms with E-state index in [-0.39, 0.29) is 35.6 Å². The predicted molar refractivity (Wildman–Crippen MR) is 130 cm³/mol. The summed E-state index contributed by atoms with van der Waals surface area (Å²) in [6, 6.07) is 12.2. The average molecular weight is 487 g/mol. The van der Waals surface area contributed by atoms with Gasteiger partial charge in [0.1, 0.15) is 0 Å². The largest absolute Gasteiger partial charge is 0.326 e. The Labute approximate surface area is 200 Å². The van der Waals surface area contributed by atoms with Crippen molar-refractivity contribution in [2.75, 3.05) is 30.3 Å². The summed E-state index contributed by atoms with van der Waals surface area (Å²) in [6.07, 6.45) is 4.27. The Morgan fingerprint density at radius 3 is 1.94 bits per heavy atom. The number of nitrogens with zero attached hydrogens (tertiary/aromatic N) is 1. The number of carbonyl (C=O) groups is 3. The molecule has 0 radical (unpaired) electrons. The lowest BCUT2D eigenvalue weighted by molar-refractivity contribution is -0.116. The molecule has 2 aromatic rings. The molecule has 3 N–H and O–H groups in total. The van der Waals surface area contributed by atoms with Crippen molar-refractivity contribution in [2.45, 2.75) is 43.9 Å². The molecule has 0 unspecified atom stereocenters. The zero-order chi connectivity index (χ0) is 24.6. The van der Waals surface area contributed by atoms with Crippen LogP contribution >= 0.6 is 0 Å². The number of urea groups is 1. The fourth-order valence-corrected chi connectivity index (χ4v) is 4.62. The minimum Gasteiger partial charge on any atom is -0.326 e. The van der Waals surface area contributed by atoms with Gasteiger partial charge in [-0.05, 0) is 56.2 Å². The fraction of sp³-hybridized carbons (Fsp3) is 0.375. The van der Waals surface area contributed by atoms with E-state index in [0.717, 1.165) is 38.8 Å². The van der Waals surface area contributed by atoms with Crippen LogP contribution in [0.1, 0.15) is 49.4 Å². The van der Waals surface area contributed by atoms with Gasteiger partial charge >= 0.3 is 6.03 Å². The number of ketones is 1. The van der Waals surface area contributed by atoms with Crippen LogP contribution in [0.3, 0.4) is 0 Å². The van der Waals surface area contributed by atoms with Crippen LogP contribution in [0, 0.1) is 0 Å². The van der Waals surface area contributed by atoms with Crippen LogP contribution in [0.25, 0.3) is 0 Å². The molecular weight excluding hydrogens is 456 g/mol. The van der Waals surface area contributed by atoms with Gasteiger partial charge < -0.3 is 15.5 Å². The van der Waals surface area contributed by atoms with E-state index in [1.165, 1.54) is 31.2 Å². The van der Waals surface area contributed by atoms with Crippen molar-refractivity contribution in [3.63, 3.8) is 0 Å². The second-order valence-corrected chi connectivity index (χ2v) is 9.95. The minimum absolute atomic E-state index is 0.0238. The van der Waals surface area contributed by atoms with E-state index in [1.807, 2.05) is 4.90 Å². The second kappa shape index (κ2) is 11.8. The normalized spacial score (nSPS) is 14.2. The Hall–Kier alpha value is -3.24. The Balaban J connectivity index is 1.44. The van der Waals surface area contributed by atoms with E-state index >= 15 is 0 Å². The molecule has 0 bridgehead atoms. The Morgan fingerprint density at radius 2 is 1.38 bits per heavy atom. The SMILES string of the molecule is CC(=O)c1ccc(S(=O)(=O)NCCC(=O)Nc2ccc(NC(=O)N3CCCCCC3)cc2)cc1. The van der Waals surface area contributed by atoms with Crippen molar-refractivity contribution in [2.24, 2.45) is 0 Å². The topological polar surface area (TPSA) is 125 Å². The van der Waals surface area contributed by atoms with Crippen LogP contribution in [-0.2, 0) is 14.8 Å². The van der Waals surface area contributed by atoms with Gasteiger partial charge in [0.15, 0.2) is 5.78 Å². The monoisotopic (exact) mass is 486 g/mol. The number of rotatable bonds is 8. The third kappa shape index (κ3) is 7.39. The molecular formula is C24H30N4O5S. The lowest BCUT2D eigenvalue weighted by Crippen LogP contribution is -2.35. The molecule has 1 aliphatic heterocycles. The molecule has 1 aliphatic rings. The number of sulfonamides is 1. The zero-order valence-corrected chi connectivity index (χ0v) is 20.0. The average Bonchev–Trinajstić information content (AvgIpc) is 3.10. The van der Waals surface area contributed by atoms with Gasteiger partial charge in [0, 0.05) is 43.0 Å². The maximum Gasteiger partial charge on any atom is 0.321 e. The maximum absolute atomic E-state index is 12.4. The number of hydrogen-bond acceptors (Lipinski definition) is 5. The zero-order valence-electron chi connectivity index (χ0n) is 19.2. The van der Waals surface area contributed by atoms with Gasteiger partial charge in [-0.25, -0.2) is 17.9 Å². The first-order chi connectivity index (χ1) is 16.2. The van der Waals surface area contributed by atoms with Crippen molar-refractivity contribution >= 4 is 39.1 Å². The van der Waals surface area contributed by atoms with Gasteiger partial charge in [-0.2, -0.15) is 0 Å². The lowest BCUT2D eigenvalue weighted by atomic mass is 10.2. The fourth-order valence-electron chi connectivity index (χ4n) is 3.59. The first-order valence-corrected chi connectivity index (χ1v) is 12.8. The number of benzene rings is 2. The minimum atomic E-state index is -3.79. The molecule has 0 saturated carbocycles. The standard InChI is InChI=1S/C24H30N4O5S/c1-18(29)19-6-12-22(13-7-19)34(32,33)25-15-14-23(30)26-20-8-10-21(11-9-20)27-24(31)28-16-4-2-3-5-17-28/h6-13,25H,2-5,14-17H2,1H3,(H,26,30)(H,27,31). The Bertz CT molecular complexity index is 1110. The molecule has 0 atom stereocenters. The molecule has 2 aromatic carbocycles. The van der Waals surface area contributed by atoms with Gasteiger partial charge in [0.2, 0.25) is 15.9 Å². The van der Waals surface area contributed by atoms with Gasteiger partial charge in [-0.3, -0.25) is 9.59 Å². The van der Waals surface area contributed by atoms with Crippen molar-refractivity contribution in [1.29, 1.82) is 0 Å². The third-order valence-electron chi connectivity index (χ3n) is 5.53. The van der Waals surface area contributed by atoms with Crippen LogP contribution in [0.15, 0.2) is 53.4 Å². The highest BCUT2D eigenvalue weighted by Gasteiger charge is 2.16. The van der Waals surface area contributed by atoms with Gasteiger partial charge in [-0.15, -0.1) is 0 Å². The summed E-state index contributed by atoms with van der Waals surface area (Å²) >= 11 is 0. The summed E-state index contributed by atoms with van der Waals surface area (Å²) in [5.74, 6) is -0.502. The van der Waals surface area contributed by atoms with Gasteiger partial charge in [-0.1, -0.05) is 25.0 Å². The van der Waals surface area contributed by atoms with Gasteiger partial charge in [0.05, 0.1) is 4.90 Å². The van der Waals surface area contributed by atoms with Crippen LogP contribution in [-0.4, -0.2) is 50.7 Å². The molecule has 0 aliphatic carbocycles. The molecule has 182 valence electrons. The molecule has 3 amide bonds. The number of anilines is 2. The summed E-state index contributed by atoms with van der Waals surface area (Å²) in [4.78, 5) is 37.8. The molecule has 3 rings (SSSR count). The number of likely N-dealkylation sites (tertiary alicyclic amines) is 1. The van der Waals surface area contributed by atoms with E-state index in [0.29, 0.717) is 16.9 Å². The summed E-state index contributed by atoms with van der Waals surface area (Å²) < 4.78 is 27.1. The first-order valence-electron chi connectivity index (χ1n) is 11.3. The van der Waals surface area contributed by atoms with Crippen molar-refractivity contribution in [3.05, 3.63) is 54.1 Å². The van der Waals surface area contributed by atoms with Crippen LogP contribution in [0.4, 0.5) is 16.2 Å². The summed E-state index contributed by atoms with van der Waals surface area (Å²) in [5.41, 5.74) is 1.60. The lowest BCUT2D eigenvalue weighted by Gasteiger charge is -2.20. The first kappa shape index (κ1) is 25.4. The molecule has 0 spiro atoms. The molecule has 9 nitrogen and oxygen atoms in total. The molecule has 1 fully saturated rings. The number of carbonyl (C=O) groups excluding carboxylic acids is 3. The van der Waals surface area contributed by atoms with Crippen molar-refractivity contribution in [3.8, 4) is 0 Å². The molecule has 34 heavy (non-hydrogen) atoms. The smallest absolute Gasteiger partial charge is 0.321 e. The second-order valence-electron chi connectivity index (χ2n) is 8.19. The molecule has 10 heteroatoms. The maximum atomic E-state index is 12.4. The number of hydrogen-bond donors (Lipinski definition) is 3. The van der Waals surface area contributed by atoms with Crippen LogP contribution in [0.2, 0.25) is 0 Å². The van der Waals surface area contributed by atoms with E-state index in [2.05, 4.69) is 15.4 Å². The molecule has 1 heterocycles. The van der Waals surface area contributed by atoms with E-state index in [1.54, 1.807) is 24.3 Å². The Morgan fingerprint density at radius 1 is 0.824 bits per heavy atom. The van der Waals surface area contributed by atoms with E-state index < -0.39 is 10.0 Å². The van der Waals surface area contributed by atoms with Crippen LogP contribution in [0.5, 0.6) is 0 Å². The highest BCUT2D eigenvalue weighted by atomic mass is 32.2. The molecule has 0 aromatic heterocycles. The third-order valence-corrected chi connectivity index (χ3v) is 7.01. The van der Waals surface area contributed by atoms with Crippen molar-refractivity contribution < 1.29 is 22.8 Å². The van der Waals surface area contributed by atoms with Crippen molar-refractivity contribution in [1.82, 2.24) is 9.62 Å². The highest BCUT2D eigenvalue weighted by Crippen LogP contribution is 2.16. The molecule has 1 saturated heterocycles. The van der Waals surface area contributed by atoms with Crippen LogP contribution < -0.4 is 15.4 Å². The summed E-state index contributed by atoms with van der Waals surface area (Å²) in [7, 11) is -3.79. The highest BCUT2D eigenvalue weighted by molar-refractivity contribution is 7.89. The number of amides is 3. The predicted octanol–water partition coefficient (Wildman–Crippen LogP) is 3.60. The van der Waals surface area contributed by atoms with E-state index in [4.69, 9.17) is 0 Å². The number of Topliss-reactive ketones (excluding diaryl/α,β-unsaturated/α-hetero) is 1.